The normalized spacial score (nSPS) is 22.4. The number of nitrogens with zero attached hydrogens (tertiary/aromatic N) is 3. The maximum atomic E-state index is 13.2. The molecule has 158 valence electrons. The molecular formula is C21H25N5O3S. The van der Waals surface area contributed by atoms with Crippen LogP contribution in [0.3, 0.4) is 0 Å². The Labute approximate surface area is 177 Å². The zero-order valence-electron chi connectivity index (χ0n) is 16.6. The van der Waals surface area contributed by atoms with Gasteiger partial charge in [0.15, 0.2) is 0 Å². The van der Waals surface area contributed by atoms with Gasteiger partial charge in [-0.05, 0) is 37.8 Å². The minimum atomic E-state index is -0.233. The number of thiazole rings is 1. The van der Waals surface area contributed by atoms with Crippen molar-refractivity contribution in [2.24, 2.45) is 0 Å². The molecule has 30 heavy (non-hydrogen) atoms. The molecule has 0 amide bonds. The van der Waals surface area contributed by atoms with Crippen molar-refractivity contribution in [1.82, 2.24) is 15.0 Å². The number of morpholine rings is 1. The number of anilines is 2. The molecule has 0 unspecified atom stereocenters. The second-order valence-corrected chi connectivity index (χ2v) is 8.88. The first-order valence-corrected chi connectivity index (χ1v) is 11.3. The summed E-state index contributed by atoms with van der Waals surface area (Å²) < 4.78 is 6.47. The summed E-state index contributed by atoms with van der Waals surface area (Å²) in [5.74, 6) is 1.13. The van der Waals surface area contributed by atoms with Crippen LogP contribution < -0.4 is 15.8 Å². The van der Waals surface area contributed by atoms with Crippen molar-refractivity contribution in [2.75, 3.05) is 36.5 Å². The van der Waals surface area contributed by atoms with Crippen molar-refractivity contribution in [2.45, 2.75) is 37.8 Å². The molecule has 1 saturated heterocycles. The van der Waals surface area contributed by atoms with Crippen molar-refractivity contribution in [3.05, 3.63) is 34.6 Å². The molecule has 1 aromatic carbocycles. The third-order valence-electron chi connectivity index (χ3n) is 5.76. The number of aliphatic hydroxyl groups excluding tert-OH is 1. The first-order chi connectivity index (χ1) is 14.7. The van der Waals surface area contributed by atoms with E-state index < -0.39 is 0 Å². The molecule has 0 bridgehead atoms. The van der Waals surface area contributed by atoms with Gasteiger partial charge in [-0.2, -0.15) is 4.98 Å². The van der Waals surface area contributed by atoms with Crippen LogP contribution in [0.5, 0.6) is 0 Å². The highest BCUT2D eigenvalue weighted by molar-refractivity contribution is 7.21. The minimum Gasteiger partial charge on any atom is -0.393 e. The molecule has 1 saturated carbocycles. The van der Waals surface area contributed by atoms with Gasteiger partial charge in [0.2, 0.25) is 5.95 Å². The third kappa shape index (κ3) is 3.92. The topological polar surface area (TPSA) is 103 Å². The van der Waals surface area contributed by atoms with Crippen LogP contribution in [0.4, 0.5) is 11.8 Å². The molecule has 1 aliphatic carbocycles. The monoisotopic (exact) mass is 427 g/mol. The van der Waals surface area contributed by atoms with Crippen LogP contribution in [0.25, 0.3) is 20.8 Å². The molecule has 1 aliphatic heterocycles. The smallest absolute Gasteiger partial charge is 0.264 e. The number of ether oxygens (including phenoxy) is 1. The zero-order chi connectivity index (χ0) is 20.5. The molecule has 5 rings (SSSR count). The van der Waals surface area contributed by atoms with Crippen LogP contribution in [0.15, 0.2) is 29.1 Å². The Bertz CT molecular complexity index is 1050. The summed E-state index contributed by atoms with van der Waals surface area (Å²) in [7, 11) is 0. The lowest BCUT2D eigenvalue weighted by atomic mass is 9.93. The Kier molecular flexibility index (Phi) is 5.41. The van der Waals surface area contributed by atoms with E-state index in [4.69, 9.17) is 14.7 Å². The number of benzene rings is 1. The van der Waals surface area contributed by atoms with Gasteiger partial charge in [-0.15, -0.1) is 11.3 Å². The van der Waals surface area contributed by atoms with E-state index in [9.17, 15) is 9.90 Å². The van der Waals surface area contributed by atoms with Crippen LogP contribution in [0, 0.1) is 0 Å². The molecular weight excluding hydrogens is 402 g/mol. The second kappa shape index (κ2) is 8.33. The first kappa shape index (κ1) is 19.5. The first-order valence-electron chi connectivity index (χ1n) is 10.4. The van der Waals surface area contributed by atoms with E-state index in [1.807, 2.05) is 29.2 Å². The van der Waals surface area contributed by atoms with Gasteiger partial charge in [0.25, 0.3) is 5.56 Å². The van der Waals surface area contributed by atoms with Crippen molar-refractivity contribution in [1.29, 1.82) is 0 Å². The summed E-state index contributed by atoms with van der Waals surface area (Å²) in [5, 5.41) is 14.0. The molecule has 2 aromatic heterocycles. The number of aromatic amines is 1. The van der Waals surface area contributed by atoms with Crippen LogP contribution in [-0.4, -0.2) is 58.5 Å². The van der Waals surface area contributed by atoms with Gasteiger partial charge >= 0.3 is 0 Å². The van der Waals surface area contributed by atoms with Crippen molar-refractivity contribution >= 4 is 33.3 Å². The number of rotatable bonds is 4. The lowest BCUT2D eigenvalue weighted by Crippen LogP contribution is -2.39. The van der Waals surface area contributed by atoms with Crippen molar-refractivity contribution in [3.8, 4) is 10.6 Å². The van der Waals surface area contributed by atoms with E-state index in [0.29, 0.717) is 48.6 Å². The lowest BCUT2D eigenvalue weighted by Gasteiger charge is -2.29. The summed E-state index contributed by atoms with van der Waals surface area (Å²) >= 11 is 1.50. The molecule has 3 aromatic rings. The summed E-state index contributed by atoms with van der Waals surface area (Å²) in [6.45, 7) is 2.62. The summed E-state index contributed by atoms with van der Waals surface area (Å²) in [6, 6.07) is 8.06. The fourth-order valence-corrected chi connectivity index (χ4v) is 5.09. The predicted molar refractivity (Wildman–Crippen MR) is 118 cm³/mol. The molecule has 0 atom stereocenters. The van der Waals surface area contributed by atoms with Gasteiger partial charge in [-0.25, -0.2) is 4.98 Å². The number of aromatic nitrogens is 3. The summed E-state index contributed by atoms with van der Waals surface area (Å²) in [4.78, 5) is 27.7. The summed E-state index contributed by atoms with van der Waals surface area (Å²) in [6.07, 6.45) is 2.98. The molecule has 3 N–H and O–H groups in total. The number of para-hydroxylation sites is 1. The molecule has 2 aliphatic rings. The lowest BCUT2D eigenvalue weighted by molar-refractivity contribution is 0.122. The average Bonchev–Trinajstić information content (AvgIpc) is 3.19. The van der Waals surface area contributed by atoms with Gasteiger partial charge in [-0.1, -0.05) is 12.1 Å². The van der Waals surface area contributed by atoms with Crippen LogP contribution in [-0.2, 0) is 4.74 Å². The number of fused-ring (bicyclic) bond motifs is 1. The Hall–Kier alpha value is -2.49. The van der Waals surface area contributed by atoms with E-state index in [1.165, 1.54) is 11.3 Å². The minimum absolute atomic E-state index is 0.174. The Morgan fingerprint density at radius 2 is 1.90 bits per heavy atom. The molecule has 3 heterocycles. The van der Waals surface area contributed by atoms with Crippen LogP contribution in [0.2, 0.25) is 0 Å². The van der Waals surface area contributed by atoms with E-state index >= 15 is 0 Å². The second-order valence-electron chi connectivity index (χ2n) is 7.85. The quantitative estimate of drug-likeness (QED) is 0.588. The van der Waals surface area contributed by atoms with Gasteiger partial charge < -0.3 is 20.1 Å². The molecule has 0 spiro atoms. The Balaban J connectivity index is 1.56. The van der Waals surface area contributed by atoms with E-state index in [0.717, 1.165) is 35.9 Å². The Morgan fingerprint density at radius 1 is 1.13 bits per heavy atom. The molecule has 0 radical (unpaired) electrons. The largest absolute Gasteiger partial charge is 0.393 e. The fraction of sp³-hybridized carbons (Fsp3) is 0.476. The summed E-state index contributed by atoms with van der Waals surface area (Å²) in [5.41, 5.74) is 1.17. The molecule has 8 nitrogen and oxygen atoms in total. The SMILES string of the molecule is O=c1[nH]c(N2CCOCC2)nc(NC2CCC(O)CC2)c1-c1nc2ccccc2s1. The van der Waals surface area contributed by atoms with Gasteiger partial charge in [-0.3, -0.25) is 9.78 Å². The van der Waals surface area contributed by atoms with Crippen molar-refractivity contribution in [3.63, 3.8) is 0 Å². The van der Waals surface area contributed by atoms with E-state index in [1.54, 1.807) is 0 Å². The highest BCUT2D eigenvalue weighted by Gasteiger charge is 2.25. The standard InChI is InChI=1S/C21H25N5O3S/c27-14-7-5-13(6-8-14)22-18-17(20-23-15-3-1-2-4-16(15)30-20)19(28)25-21(24-18)26-9-11-29-12-10-26/h1-4,13-14,27H,5-12H2,(H2,22,24,25,28). The number of hydrogen-bond acceptors (Lipinski definition) is 8. The Morgan fingerprint density at radius 3 is 2.67 bits per heavy atom. The van der Waals surface area contributed by atoms with E-state index in [2.05, 4.69) is 10.3 Å². The van der Waals surface area contributed by atoms with Gasteiger partial charge in [0.1, 0.15) is 16.4 Å². The number of aliphatic hydroxyl groups is 1. The maximum absolute atomic E-state index is 13.2. The van der Waals surface area contributed by atoms with Gasteiger partial charge in [0, 0.05) is 19.1 Å². The zero-order valence-corrected chi connectivity index (χ0v) is 17.5. The number of hydrogen-bond donors (Lipinski definition) is 3. The predicted octanol–water partition coefficient (Wildman–Crippen LogP) is 2.60. The number of H-pyrrole nitrogens is 1. The van der Waals surface area contributed by atoms with Crippen LogP contribution in [0.1, 0.15) is 25.7 Å². The van der Waals surface area contributed by atoms with E-state index in [-0.39, 0.29) is 17.7 Å². The highest BCUT2D eigenvalue weighted by atomic mass is 32.1. The third-order valence-corrected chi connectivity index (χ3v) is 6.82. The van der Waals surface area contributed by atoms with Crippen molar-refractivity contribution < 1.29 is 9.84 Å². The van der Waals surface area contributed by atoms with Gasteiger partial charge in [0.05, 0.1) is 29.5 Å². The van der Waals surface area contributed by atoms with Crippen LogP contribution >= 0.6 is 11.3 Å². The highest BCUT2D eigenvalue weighted by Crippen LogP contribution is 2.33. The maximum Gasteiger partial charge on any atom is 0.264 e. The molecule has 2 fully saturated rings. The average molecular weight is 428 g/mol. The fourth-order valence-electron chi connectivity index (χ4n) is 4.08. The molecule has 9 heteroatoms. The number of nitrogens with one attached hydrogen (secondary N) is 2.